The number of ether oxygens (including phenoxy) is 1. The van der Waals surface area contributed by atoms with E-state index in [2.05, 4.69) is 12.2 Å². The van der Waals surface area contributed by atoms with Gasteiger partial charge < -0.3 is 15.0 Å². The molecule has 0 bridgehead atoms. The van der Waals surface area contributed by atoms with E-state index in [0.29, 0.717) is 18.0 Å². The lowest BCUT2D eigenvalue weighted by atomic mass is 10.1. The molecule has 142 valence electrons. The number of halogens is 1. The van der Waals surface area contributed by atoms with Gasteiger partial charge in [0.05, 0.1) is 12.5 Å². The fourth-order valence-corrected chi connectivity index (χ4v) is 2.97. The largest absolute Gasteiger partial charge is 0.494 e. The first-order valence-corrected chi connectivity index (χ1v) is 9.16. The molecule has 0 unspecified atom stereocenters. The van der Waals surface area contributed by atoms with Crippen molar-refractivity contribution in [3.05, 3.63) is 54.3 Å². The number of carbonyl (C=O) groups excluding carboxylic acids is 2. The molecule has 1 heterocycles. The highest BCUT2D eigenvalue weighted by Gasteiger charge is 2.35. The maximum absolute atomic E-state index is 13.1. The molecule has 1 saturated heterocycles. The molecule has 1 atom stereocenters. The lowest BCUT2D eigenvalue weighted by Crippen LogP contribution is -2.28. The van der Waals surface area contributed by atoms with Gasteiger partial charge in [0.25, 0.3) is 0 Å². The van der Waals surface area contributed by atoms with Crippen LogP contribution in [0.5, 0.6) is 5.75 Å². The van der Waals surface area contributed by atoms with Crippen molar-refractivity contribution in [3.8, 4) is 5.75 Å². The zero-order valence-corrected chi connectivity index (χ0v) is 15.3. The number of hydrogen-bond donors (Lipinski definition) is 1. The minimum atomic E-state index is -0.442. The number of nitrogens with zero attached hydrogens (tertiary/aromatic N) is 1. The highest BCUT2D eigenvalue weighted by Crippen LogP contribution is 2.26. The number of nitrogens with one attached hydrogen (secondary N) is 1. The molecule has 0 saturated carbocycles. The Morgan fingerprint density at radius 2 is 1.89 bits per heavy atom. The summed E-state index contributed by atoms with van der Waals surface area (Å²) in [5.74, 6) is -0.376. The molecule has 2 aromatic rings. The van der Waals surface area contributed by atoms with Crippen molar-refractivity contribution in [3.63, 3.8) is 0 Å². The van der Waals surface area contributed by atoms with E-state index in [-0.39, 0.29) is 30.6 Å². The molecule has 5 nitrogen and oxygen atoms in total. The van der Waals surface area contributed by atoms with E-state index in [4.69, 9.17) is 4.74 Å². The standard InChI is InChI=1S/C21H23FN2O3/c1-2-3-12-27-19-10-6-17(7-11-19)23-21(26)15-13-20(25)24(14-15)18-8-4-16(22)5-9-18/h4-11,15H,2-3,12-14H2,1H3,(H,23,26)/t15-/m1/s1. The second kappa shape index (κ2) is 8.66. The van der Waals surface area contributed by atoms with Crippen molar-refractivity contribution >= 4 is 23.2 Å². The molecule has 3 rings (SSSR count). The van der Waals surface area contributed by atoms with Gasteiger partial charge in [-0.15, -0.1) is 0 Å². The Hall–Kier alpha value is -2.89. The molecule has 0 radical (unpaired) electrons. The normalized spacial score (nSPS) is 16.4. The van der Waals surface area contributed by atoms with Crippen LogP contribution in [0.1, 0.15) is 26.2 Å². The third-order valence-electron chi connectivity index (χ3n) is 4.52. The minimum absolute atomic E-state index is 0.138. The van der Waals surface area contributed by atoms with Crippen molar-refractivity contribution in [2.45, 2.75) is 26.2 Å². The number of rotatable bonds is 7. The van der Waals surface area contributed by atoms with Gasteiger partial charge in [0.15, 0.2) is 0 Å². The molecule has 0 aromatic heterocycles. The highest BCUT2D eigenvalue weighted by atomic mass is 19.1. The molecular formula is C21H23FN2O3. The molecule has 2 aromatic carbocycles. The van der Waals surface area contributed by atoms with E-state index in [0.717, 1.165) is 18.6 Å². The van der Waals surface area contributed by atoms with Crippen LogP contribution in [0.3, 0.4) is 0 Å². The van der Waals surface area contributed by atoms with Gasteiger partial charge in [0.1, 0.15) is 11.6 Å². The van der Waals surface area contributed by atoms with Gasteiger partial charge in [0, 0.05) is 24.3 Å². The Morgan fingerprint density at radius 1 is 1.19 bits per heavy atom. The summed E-state index contributed by atoms with van der Waals surface area (Å²) in [5.41, 5.74) is 1.26. The lowest BCUT2D eigenvalue weighted by molar-refractivity contribution is -0.122. The summed E-state index contributed by atoms with van der Waals surface area (Å²) in [4.78, 5) is 26.3. The van der Waals surface area contributed by atoms with Gasteiger partial charge in [-0.2, -0.15) is 0 Å². The Balaban J connectivity index is 1.57. The maximum atomic E-state index is 13.1. The number of unbranched alkanes of at least 4 members (excludes halogenated alkanes) is 1. The summed E-state index contributed by atoms with van der Waals surface area (Å²) in [6, 6.07) is 12.9. The Morgan fingerprint density at radius 3 is 2.56 bits per heavy atom. The molecule has 1 aliphatic heterocycles. The lowest BCUT2D eigenvalue weighted by Gasteiger charge is -2.16. The van der Waals surface area contributed by atoms with Crippen LogP contribution in [0.2, 0.25) is 0 Å². The van der Waals surface area contributed by atoms with E-state index >= 15 is 0 Å². The van der Waals surface area contributed by atoms with E-state index < -0.39 is 5.92 Å². The van der Waals surface area contributed by atoms with Gasteiger partial charge in [-0.1, -0.05) is 13.3 Å². The van der Waals surface area contributed by atoms with Crippen LogP contribution in [0.4, 0.5) is 15.8 Å². The van der Waals surface area contributed by atoms with Crippen LogP contribution >= 0.6 is 0 Å². The summed E-state index contributed by atoms with van der Waals surface area (Å²) in [6.07, 6.45) is 2.21. The van der Waals surface area contributed by atoms with Crippen LogP contribution in [0, 0.1) is 11.7 Å². The molecule has 0 spiro atoms. The van der Waals surface area contributed by atoms with Crippen LogP contribution in [-0.4, -0.2) is 25.0 Å². The zero-order chi connectivity index (χ0) is 19.2. The molecule has 6 heteroatoms. The first-order valence-electron chi connectivity index (χ1n) is 9.16. The van der Waals surface area contributed by atoms with Crippen molar-refractivity contribution in [1.29, 1.82) is 0 Å². The Labute approximate surface area is 158 Å². The van der Waals surface area contributed by atoms with Crippen LogP contribution in [-0.2, 0) is 9.59 Å². The number of hydrogen-bond acceptors (Lipinski definition) is 3. The molecule has 1 aliphatic rings. The van der Waals surface area contributed by atoms with E-state index in [9.17, 15) is 14.0 Å². The number of anilines is 2. The first kappa shape index (κ1) is 18.9. The summed E-state index contributed by atoms with van der Waals surface area (Å²) in [7, 11) is 0. The van der Waals surface area contributed by atoms with Crippen LogP contribution in [0.25, 0.3) is 0 Å². The SMILES string of the molecule is CCCCOc1ccc(NC(=O)[C@@H]2CC(=O)N(c3ccc(F)cc3)C2)cc1. The zero-order valence-electron chi connectivity index (χ0n) is 15.3. The van der Waals surface area contributed by atoms with E-state index in [1.54, 1.807) is 24.3 Å². The monoisotopic (exact) mass is 370 g/mol. The number of amides is 2. The van der Waals surface area contributed by atoms with Gasteiger partial charge in [-0.3, -0.25) is 9.59 Å². The minimum Gasteiger partial charge on any atom is -0.494 e. The molecule has 27 heavy (non-hydrogen) atoms. The third-order valence-corrected chi connectivity index (χ3v) is 4.52. The highest BCUT2D eigenvalue weighted by molar-refractivity contribution is 6.03. The third kappa shape index (κ3) is 4.84. The van der Waals surface area contributed by atoms with Crippen molar-refractivity contribution in [1.82, 2.24) is 0 Å². The first-order chi connectivity index (χ1) is 13.1. The number of carbonyl (C=O) groups is 2. The topological polar surface area (TPSA) is 58.6 Å². The fourth-order valence-electron chi connectivity index (χ4n) is 2.97. The summed E-state index contributed by atoms with van der Waals surface area (Å²) in [5, 5.41) is 2.85. The Bertz CT molecular complexity index is 790. The average molecular weight is 370 g/mol. The van der Waals surface area contributed by atoms with E-state index in [1.165, 1.54) is 17.0 Å². The summed E-state index contributed by atoms with van der Waals surface area (Å²) in [6.45, 7) is 3.06. The van der Waals surface area contributed by atoms with Crippen LogP contribution in [0.15, 0.2) is 48.5 Å². The van der Waals surface area contributed by atoms with Crippen LogP contribution < -0.4 is 15.0 Å². The van der Waals surface area contributed by atoms with Gasteiger partial charge >= 0.3 is 0 Å². The smallest absolute Gasteiger partial charge is 0.229 e. The number of benzene rings is 2. The Kier molecular flexibility index (Phi) is 6.06. The molecule has 1 fully saturated rings. The van der Waals surface area contributed by atoms with Gasteiger partial charge in [-0.05, 0) is 55.0 Å². The van der Waals surface area contributed by atoms with Crippen molar-refractivity contribution < 1.29 is 18.7 Å². The van der Waals surface area contributed by atoms with E-state index in [1.807, 2.05) is 12.1 Å². The second-order valence-electron chi connectivity index (χ2n) is 6.60. The summed E-state index contributed by atoms with van der Waals surface area (Å²) < 4.78 is 18.7. The molecule has 1 N–H and O–H groups in total. The predicted molar refractivity (Wildman–Crippen MR) is 102 cm³/mol. The molecule has 2 amide bonds. The van der Waals surface area contributed by atoms with Crippen molar-refractivity contribution in [2.75, 3.05) is 23.4 Å². The average Bonchev–Trinajstić information content (AvgIpc) is 3.06. The fraction of sp³-hybridized carbons (Fsp3) is 0.333. The van der Waals surface area contributed by atoms with Gasteiger partial charge in [0.2, 0.25) is 11.8 Å². The predicted octanol–water partition coefficient (Wildman–Crippen LogP) is 4.00. The quantitative estimate of drug-likeness (QED) is 0.750. The second-order valence-corrected chi connectivity index (χ2v) is 6.60. The maximum Gasteiger partial charge on any atom is 0.229 e. The summed E-state index contributed by atoms with van der Waals surface area (Å²) >= 11 is 0. The molecular weight excluding hydrogens is 347 g/mol. The van der Waals surface area contributed by atoms with Gasteiger partial charge in [-0.25, -0.2) is 4.39 Å². The van der Waals surface area contributed by atoms with Crippen molar-refractivity contribution in [2.24, 2.45) is 5.92 Å². The molecule has 0 aliphatic carbocycles.